The van der Waals surface area contributed by atoms with Crippen LogP contribution >= 0.6 is 23.2 Å². The molecule has 7 heteroatoms. The van der Waals surface area contributed by atoms with Crippen LogP contribution in [0.5, 0.6) is 0 Å². The number of nitriles is 1. The molecule has 1 heterocycles. The predicted molar refractivity (Wildman–Crippen MR) is 140 cm³/mol. The van der Waals surface area contributed by atoms with Gasteiger partial charge in [-0.05, 0) is 59.6 Å². The second-order valence-electron chi connectivity index (χ2n) is 11.0. The maximum Gasteiger partial charge on any atom is 0.408 e. The molecule has 0 aromatic heterocycles. The van der Waals surface area contributed by atoms with Gasteiger partial charge in [-0.3, -0.25) is 5.32 Å². The molecule has 0 bridgehead atoms. The van der Waals surface area contributed by atoms with Gasteiger partial charge in [-0.15, -0.1) is 0 Å². The number of hydrogen-bond acceptors (Lipinski definition) is 4. The van der Waals surface area contributed by atoms with Gasteiger partial charge in [0.15, 0.2) is 6.23 Å². The Morgan fingerprint density at radius 2 is 1.89 bits per heavy atom. The Morgan fingerprint density at radius 3 is 2.49 bits per heavy atom. The number of alkyl carbamates (subject to hydrolysis) is 1. The average molecular weight is 514 g/mol. The first-order valence-electron chi connectivity index (χ1n) is 12.3. The topological polar surface area (TPSA) is 74.2 Å². The largest absolute Gasteiger partial charge is 0.430 e. The van der Waals surface area contributed by atoms with Crippen LogP contribution in [0.15, 0.2) is 48.5 Å². The second kappa shape index (κ2) is 10.4. The number of rotatable bonds is 7. The van der Waals surface area contributed by atoms with Crippen molar-refractivity contribution in [1.29, 1.82) is 5.26 Å². The number of nitrogens with one attached hydrogen (secondary N) is 2. The first kappa shape index (κ1) is 25.8. The molecule has 4 atom stereocenters. The average Bonchev–Trinajstić information content (AvgIpc) is 3.56. The van der Waals surface area contributed by atoms with Gasteiger partial charge in [0.25, 0.3) is 0 Å². The molecule has 0 spiro atoms. The third-order valence-corrected chi connectivity index (χ3v) is 7.48. The first-order valence-corrected chi connectivity index (χ1v) is 13.0. The fourth-order valence-corrected chi connectivity index (χ4v) is 5.54. The number of nitrogens with zero attached hydrogens (tertiary/aromatic N) is 1. The van der Waals surface area contributed by atoms with E-state index in [4.69, 9.17) is 27.9 Å². The number of ether oxygens (including phenoxy) is 1. The number of hydrogen-bond donors (Lipinski definition) is 2. The van der Waals surface area contributed by atoms with Gasteiger partial charge in [-0.1, -0.05) is 81.1 Å². The Bertz CT molecular complexity index is 1090. The standard InChI is InChI=1S/C28H33Cl2N3O2/c1-27(2,3)16-23-28(17-31,20-9-11-21(29)12-10-20)24(19-5-4-6-22(30)15-19)25(33-23)35-26(34)32-14-13-18-7-8-18/h4-6,9-12,15,18,23-25,33H,7-8,13-14,16H2,1-3H3,(H,32,34)/t23-,24-,25+,28-/m0/s1. The van der Waals surface area contributed by atoms with E-state index in [0.717, 1.165) is 17.5 Å². The number of carbonyl (C=O) groups excluding carboxylic acids is 1. The van der Waals surface area contributed by atoms with Crippen molar-refractivity contribution in [3.8, 4) is 6.07 Å². The number of carbonyl (C=O) groups is 1. The molecule has 2 N–H and O–H groups in total. The summed E-state index contributed by atoms with van der Waals surface area (Å²) >= 11 is 12.6. The van der Waals surface area contributed by atoms with Gasteiger partial charge in [0.05, 0.1) is 12.0 Å². The molecule has 1 aliphatic carbocycles. The lowest BCUT2D eigenvalue weighted by atomic mass is 9.64. The summed E-state index contributed by atoms with van der Waals surface area (Å²) in [6.07, 6.45) is 2.94. The normalized spacial score (nSPS) is 26.2. The van der Waals surface area contributed by atoms with Gasteiger partial charge in [-0.25, -0.2) is 4.79 Å². The summed E-state index contributed by atoms with van der Waals surface area (Å²) in [5.41, 5.74) is 0.582. The summed E-state index contributed by atoms with van der Waals surface area (Å²) in [5, 5.41) is 18.4. The summed E-state index contributed by atoms with van der Waals surface area (Å²) in [5.74, 6) is 0.236. The van der Waals surface area contributed by atoms with Crippen LogP contribution in [-0.4, -0.2) is 24.9 Å². The Balaban J connectivity index is 1.75. The van der Waals surface area contributed by atoms with Crippen molar-refractivity contribution in [1.82, 2.24) is 10.6 Å². The molecule has 1 aliphatic heterocycles. The van der Waals surface area contributed by atoms with E-state index >= 15 is 0 Å². The molecule has 0 unspecified atom stereocenters. The smallest absolute Gasteiger partial charge is 0.408 e. The Labute approximate surface area is 218 Å². The molecule has 1 amide bonds. The zero-order valence-electron chi connectivity index (χ0n) is 20.5. The van der Waals surface area contributed by atoms with Crippen LogP contribution in [0.3, 0.4) is 0 Å². The maximum absolute atomic E-state index is 12.8. The van der Waals surface area contributed by atoms with Crippen LogP contribution in [0.2, 0.25) is 10.0 Å². The molecular formula is C28H33Cl2N3O2. The summed E-state index contributed by atoms with van der Waals surface area (Å²) in [6, 6.07) is 17.3. The van der Waals surface area contributed by atoms with E-state index in [9.17, 15) is 10.1 Å². The molecular weight excluding hydrogens is 481 g/mol. The van der Waals surface area contributed by atoms with Crippen LogP contribution < -0.4 is 10.6 Å². The van der Waals surface area contributed by atoms with E-state index in [1.54, 1.807) is 18.2 Å². The highest BCUT2D eigenvalue weighted by Crippen LogP contribution is 2.51. The highest BCUT2D eigenvalue weighted by atomic mass is 35.5. The SMILES string of the molecule is CC(C)(C)C[C@@H]1N[C@H](OC(=O)NCCC2CC2)[C@H](c2cccc(Cl)c2)[C@@]1(C#N)c1ccc(Cl)cc1. The van der Waals surface area contributed by atoms with Crippen LogP contribution in [0.25, 0.3) is 0 Å². The minimum atomic E-state index is -1.01. The Hall–Kier alpha value is -2.26. The van der Waals surface area contributed by atoms with E-state index in [1.165, 1.54) is 12.8 Å². The summed E-state index contributed by atoms with van der Waals surface area (Å²) in [4.78, 5) is 12.8. The summed E-state index contributed by atoms with van der Waals surface area (Å²) in [6.45, 7) is 7.02. The van der Waals surface area contributed by atoms with Crippen molar-refractivity contribution < 1.29 is 9.53 Å². The van der Waals surface area contributed by atoms with Crippen LogP contribution in [0.4, 0.5) is 4.79 Å². The van der Waals surface area contributed by atoms with Gasteiger partial charge in [0.2, 0.25) is 0 Å². The molecule has 2 aliphatic rings. The van der Waals surface area contributed by atoms with Crippen molar-refractivity contribution in [2.75, 3.05) is 6.54 Å². The molecule has 4 rings (SSSR count). The van der Waals surface area contributed by atoms with Crippen molar-refractivity contribution in [2.45, 2.75) is 70.1 Å². The van der Waals surface area contributed by atoms with E-state index in [1.807, 2.05) is 30.3 Å². The molecule has 1 saturated carbocycles. The maximum atomic E-state index is 12.8. The molecule has 0 radical (unpaired) electrons. The van der Waals surface area contributed by atoms with E-state index in [0.29, 0.717) is 28.9 Å². The Morgan fingerprint density at radius 1 is 1.17 bits per heavy atom. The van der Waals surface area contributed by atoms with Crippen LogP contribution in [0, 0.1) is 22.7 Å². The number of amides is 1. The third-order valence-electron chi connectivity index (χ3n) is 6.99. The van der Waals surface area contributed by atoms with Gasteiger partial charge >= 0.3 is 6.09 Å². The lowest BCUT2D eigenvalue weighted by Gasteiger charge is -2.37. The molecule has 2 aromatic rings. The van der Waals surface area contributed by atoms with Crippen molar-refractivity contribution >= 4 is 29.3 Å². The molecule has 2 fully saturated rings. The fraction of sp³-hybridized carbons (Fsp3) is 0.500. The fourth-order valence-electron chi connectivity index (χ4n) is 5.21. The quantitative estimate of drug-likeness (QED) is 0.426. The monoisotopic (exact) mass is 513 g/mol. The minimum Gasteiger partial charge on any atom is -0.430 e. The van der Waals surface area contributed by atoms with E-state index in [-0.39, 0.29) is 11.5 Å². The third kappa shape index (κ3) is 5.94. The zero-order valence-corrected chi connectivity index (χ0v) is 22.0. The molecule has 35 heavy (non-hydrogen) atoms. The first-order chi connectivity index (χ1) is 16.6. The molecule has 2 aromatic carbocycles. The van der Waals surface area contributed by atoms with Crippen LogP contribution in [-0.2, 0) is 10.2 Å². The molecule has 1 saturated heterocycles. The van der Waals surface area contributed by atoms with E-state index in [2.05, 4.69) is 37.5 Å². The highest BCUT2D eigenvalue weighted by molar-refractivity contribution is 6.30. The predicted octanol–water partition coefficient (Wildman–Crippen LogP) is 6.80. The van der Waals surface area contributed by atoms with Crippen molar-refractivity contribution in [3.63, 3.8) is 0 Å². The Kier molecular flexibility index (Phi) is 7.66. The lowest BCUT2D eigenvalue weighted by Crippen LogP contribution is -2.44. The van der Waals surface area contributed by atoms with Crippen molar-refractivity contribution in [2.24, 2.45) is 11.3 Å². The van der Waals surface area contributed by atoms with Crippen molar-refractivity contribution in [3.05, 3.63) is 69.7 Å². The molecule has 186 valence electrons. The summed E-state index contributed by atoms with van der Waals surface area (Å²) in [7, 11) is 0. The van der Waals surface area contributed by atoms with Gasteiger partial charge in [0, 0.05) is 22.6 Å². The number of benzene rings is 2. The lowest BCUT2D eigenvalue weighted by molar-refractivity contribution is 0.0745. The number of halogens is 2. The zero-order chi connectivity index (χ0) is 25.2. The van der Waals surface area contributed by atoms with Gasteiger partial charge in [-0.2, -0.15) is 5.26 Å². The second-order valence-corrected chi connectivity index (χ2v) is 11.9. The molecule has 5 nitrogen and oxygen atoms in total. The minimum absolute atomic E-state index is 0.0769. The van der Waals surface area contributed by atoms with Crippen LogP contribution in [0.1, 0.15) is 63.5 Å². The summed E-state index contributed by atoms with van der Waals surface area (Å²) < 4.78 is 5.99. The van der Waals surface area contributed by atoms with Gasteiger partial charge in [0.1, 0.15) is 5.41 Å². The highest BCUT2D eigenvalue weighted by Gasteiger charge is 2.59. The van der Waals surface area contributed by atoms with Gasteiger partial charge < -0.3 is 10.1 Å². The van der Waals surface area contributed by atoms with E-state index < -0.39 is 23.7 Å².